The van der Waals surface area contributed by atoms with Crippen molar-refractivity contribution in [2.24, 2.45) is 0 Å². The average molecular weight is 649 g/mol. The van der Waals surface area contributed by atoms with Gasteiger partial charge < -0.3 is 18.5 Å². The maximum Gasteiger partial charge on any atom is 0.338 e. The number of carbonyl (C=O) groups excluding carboxylic acids is 2. The summed E-state index contributed by atoms with van der Waals surface area (Å²) < 4.78 is 66.0. The van der Waals surface area contributed by atoms with Gasteiger partial charge in [-0.3, -0.25) is 0 Å². The Morgan fingerprint density at radius 2 is 1.09 bits per heavy atom. The number of sulfone groups is 2. The van der Waals surface area contributed by atoms with Crippen LogP contribution in [0.1, 0.15) is 54.6 Å². The molecule has 0 radical (unpaired) electrons. The minimum atomic E-state index is -3.48. The van der Waals surface area contributed by atoms with Crippen LogP contribution >= 0.6 is 0 Å². The molecule has 0 aliphatic rings. The van der Waals surface area contributed by atoms with Crippen molar-refractivity contribution in [3.63, 3.8) is 0 Å². The number of hydrogen-bond acceptors (Lipinski definition) is 12. The van der Waals surface area contributed by atoms with Gasteiger partial charge in [-0.25, -0.2) is 26.4 Å². The molecule has 0 saturated heterocycles. The highest BCUT2D eigenvalue weighted by Gasteiger charge is 2.24. The second-order valence-electron chi connectivity index (χ2n) is 9.91. The summed E-state index contributed by atoms with van der Waals surface area (Å²) in [5, 5.41) is 7.41. The molecule has 0 atom stereocenters. The molecule has 12 nitrogen and oxygen atoms in total. The molecule has 4 rings (SSSR count). The van der Waals surface area contributed by atoms with Crippen LogP contribution in [-0.2, 0) is 29.1 Å². The summed E-state index contributed by atoms with van der Waals surface area (Å²) >= 11 is 0. The number of aryl methyl sites for hydroxylation is 3. The Balaban J connectivity index is 0.000000258. The Kier molecular flexibility index (Phi) is 11.8. The summed E-state index contributed by atoms with van der Waals surface area (Å²) in [6.45, 7) is 10.5. The van der Waals surface area contributed by atoms with E-state index in [0.29, 0.717) is 39.3 Å². The van der Waals surface area contributed by atoms with E-state index in [4.69, 9.17) is 13.8 Å². The number of rotatable bonds is 5. The predicted octanol–water partition coefficient (Wildman–Crippen LogP) is 4.93. The molecule has 44 heavy (non-hydrogen) atoms. The molecule has 0 bridgehead atoms. The molecule has 0 N–H and O–H groups in total. The van der Waals surface area contributed by atoms with Gasteiger partial charge in [0.2, 0.25) is 0 Å². The molecule has 238 valence electrons. The molecule has 0 saturated carbocycles. The van der Waals surface area contributed by atoms with Gasteiger partial charge in [0, 0.05) is 30.2 Å². The Hall–Kier alpha value is -4.30. The molecule has 2 heterocycles. The van der Waals surface area contributed by atoms with E-state index in [1.807, 2.05) is 19.9 Å². The van der Waals surface area contributed by atoms with Gasteiger partial charge in [-0.2, -0.15) is 0 Å². The van der Waals surface area contributed by atoms with Gasteiger partial charge in [-0.1, -0.05) is 10.3 Å². The third-order valence-electron chi connectivity index (χ3n) is 6.39. The first-order valence-electron chi connectivity index (χ1n) is 13.0. The molecule has 0 unspecified atom stereocenters. The number of benzene rings is 2. The molecule has 0 amide bonds. The average Bonchev–Trinajstić information content (AvgIpc) is 3.54. The third-order valence-corrected chi connectivity index (χ3v) is 8.77. The van der Waals surface area contributed by atoms with Gasteiger partial charge in [0.1, 0.15) is 5.76 Å². The number of methoxy groups -OCH3 is 2. The quantitative estimate of drug-likeness (QED) is 0.267. The minimum absolute atomic E-state index is 0.0869. The summed E-state index contributed by atoms with van der Waals surface area (Å²) in [4.78, 5) is 23.5. The molecular formula is C30H36N2O10S2. The molecule has 0 fully saturated rings. The summed E-state index contributed by atoms with van der Waals surface area (Å²) in [5.41, 5.74) is 4.27. The van der Waals surface area contributed by atoms with Crippen molar-refractivity contribution in [1.82, 2.24) is 10.3 Å². The zero-order valence-electron chi connectivity index (χ0n) is 26.3. The maximum absolute atomic E-state index is 12.0. The first-order valence-corrected chi connectivity index (χ1v) is 16.8. The van der Waals surface area contributed by atoms with Crippen LogP contribution < -0.4 is 0 Å². The van der Waals surface area contributed by atoms with Crippen LogP contribution in [0.5, 0.6) is 0 Å². The van der Waals surface area contributed by atoms with E-state index >= 15 is 0 Å². The first kappa shape index (κ1) is 35.9. The number of carbonyl (C=O) groups is 2. The SMILES string of the molecule is COC(=O)c1ccc(S(C)(=O)=O)c(-c2cc(C)no2)c1C.COC(=O)c1ccc(S(C)(=O)=O)c(C)c1C.Cc1cc(C)on1. The molecule has 0 aliphatic heterocycles. The molecule has 0 spiro atoms. The Morgan fingerprint density at radius 3 is 1.45 bits per heavy atom. The number of esters is 2. The first-order chi connectivity index (χ1) is 20.3. The summed E-state index contributed by atoms with van der Waals surface area (Å²) in [6.07, 6.45) is 2.25. The van der Waals surface area contributed by atoms with Crippen molar-refractivity contribution in [1.29, 1.82) is 0 Å². The van der Waals surface area contributed by atoms with Crippen LogP contribution in [0.2, 0.25) is 0 Å². The van der Waals surface area contributed by atoms with Gasteiger partial charge in [0.25, 0.3) is 0 Å². The molecular weight excluding hydrogens is 612 g/mol. The Morgan fingerprint density at radius 1 is 0.636 bits per heavy atom. The Bertz CT molecular complexity index is 1870. The largest absolute Gasteiger partial charge is 0.465 e. The van der Waals surface area contributed by atoms with Gasteiger partial charge in [0.15, 0.2) is 25.4 Å². The van der Waals surface area contributed by atoms with Crippen LogP contribution in [0.3, 0.4) is 0 Å². The van der Waals surface area contributed by atoms with E-state index < -0.39 is 31.6 Å². The standard InChI is InChI=1S/C14H15NO5S.C11H14O4S.C5H7NO/c1-8-7-11(20-15-8)13-9(2)10(14(16)19-3)5-6-12(13)21(4,17)18;1-7-8(2)10(16(4,13)14)6-5-9(7)11(12)15-3;1-4-3-5(2)7-6-4/h5-7H,1-4H3;5-6H,1-4H3;3H,1-2H3. The minimum Gasteiger partial charge on any atom is -0.465 e. The highest BCUT2D eigenvalue weighted by Crippen LogP contribution is 2.33. The molecule has 4 aromatic rings. The van der Waals surface area contributed by atoms with Crippen molar-refractivity contribution >= 4 is 31.6 Å². The number of aromatic nitrogens is 2. The van der Waals surface area contributed by atoms with Crippen molar-refractivity contribution in [3.05, 3.63) is 81.4 Å². The predicted molar refractivity (Wildman–Crippen MR) is 162 cm³/mol. The van der Waals surface area contributed by atoms with Crippen molar-refractivity contribution < 1.29 is 44.9 Å². The van der Waals surface area contributed by atoms with Crippen LogP contribution in [0.4, 0.5) is 0 Å². The highest BCUT2D eigenvalue weighted by atomic mass is 32.2. The molecule has 2 aromatic carbocycles. The smallest absolute Gasteiger partial charge is 0.338 e. The van der Waals surface area contributed by atoms with Crippen LogP contribution in [0, 0.1) is 41.5 Å². The van der Waals surface area contributed by atoms with Crippen LogP contribution in [0.15, 0.2) is 55.2 Å². The zero-order valence-corrected chi connectivity index (χ0v) is 27.9. The third kappa shape index (κ3) is 8.86. The van der Waals surface area contributed by atoms with Crippen molar-refractivity contribution in [3.8, 4) is 11.3 Å². The summed E-state index contributed by atoms with van der Waals surface area (Å²) in [7, 11) is -4.18. The lowest BCUT2D eigenvalue weighted by molar-refractivity contribution is 0.0591. The fraction of sp³-hybridized carbons (Fsp3) is 0.333. The van der Waals surface area contributed by atoms with Crippen LogP contribution in [-0.4, -0.2) is 65.8 Å². The lowest BCUT2D eigenvalue weighted by atomic mass is 10.0. The second-order valence-corrected chi connectivity index (χ2v) is 13.9. The summed E-state index contributed by atoms with van der Waals surface area (Å²) in [5.74, 6) is 0.180. The van der Waals surface area contributed by atoms with Gasteiger partial charge >= 0.3 is 11.9 Å². The van der Waals surface area contributed by atoms with Crippen molar-refractivity contribution in [2.75, 3.05) is 26.7 Å². The number of nitrogens with zero attached hydrogens (tertiary/aromatic N) is 2. The van der Waals surface area contributed by atoms with Gasteiger partial charge in [0.05, 0.1) is 46.5 Å². The lowest BCUT2D eigenvalue weighted by Gasteiger charge is -2.12. The summed E-state index contributed by atoms with van der Waals surface area (Å²) in [6, 6.07) is 9.23. The molecule has 0 aliphatic carbocycles. The topological polar surface area (TPSA) is 173 Å². The van der Waals surface area contributed by atoms with E-state index in [1.165, 1.54) is 38.5 Å². The van der Waals surface area contributed by atoms with Gasteiger partial charge in [-0.15, -0.1) is 0 Å². The van der Waals surface area contributed by atoms with Crippen molar-refractivity contribution in [2.45, 2.75) is 51.3 Å². The van der Waals surface area contributed by atoms with E-state index in [9.17, 15) is 26.4 Å². The van der Waals surface area contributed by atoms with E-state index in [2.05, 4.69) is 15.1 Å². The number of ether oxygens (including phenoxy) is 2. The van der Waals surface area contributed by atoms with Crippen LogP contribution in [0.25, 0.3) is 11.3 Å². The monoisotopic (exact) mass is 648 g/mol. The number of hydrogen-bond donors (Lipinski definition) is 0. The molecule has 2 aromatic heterocycles. The normalized spacial score (nSPS) is 11.0. The fourth-order valence-corrected chi connectivity index (χ4v) is 6.10. The highest BCUT2D eigenvalue weighted by molar-refractivity contribution is 7.91. The van der Waals surface area contributed by atoms with E-state index in [-0.39, 0.29) is 15.4 Å². The molecule has 14 heteroatoms. The van der Waals surface area contributed by atoms with Gasteiger partial charge in [-0.05, 0) is 82.5 Å². The maximum atomic E-state index is 12.0. The zero-order chi connectivity index (χ0) is 33.6. The van der Waals surface area contributed by atoms with E-state index in [1.54, 1.807) is 33.8 Å². The Labute approximate surface area is 257 Å². The second kappa shape index (κ2) is 14.4. The fourth-order valence-electron chi connectivity index (χ4n) is 4.13. The lowest BCUT2D eigenvalue weighted by Crippen LogP contribution is -2.08. The van der Waals surface area contributed by atoms with E-state index in [0.717, 1.165) is 24.0 Å².